The summed E-state index contributed by atoms with van der Waals surface area (Å²) in [6.07, 6.45) is 0. The van der Waals surface area contributed by atoms with Crippen molar-refractivity contribution in [2.24, 2.45) is 0 Å². The molecule has 6 nitrogen and oxygen atoms in total. The van der Waals surface area contributed by atoms with E-state index in [-0.39, 0.29) is 27.8 Å². The van der Waals surface area contributed by atoms with Crippen molar-refractivity contribution in [1.82, 2.24) is 15.2 Å². The summed E-state index contributed by atoms with van der Waals surface area (Å²) in [4.78, 5) is 18.7. The minimum atomic E-state index is -0.367. The van der Waals surface area contributed by atoms with Crippen molar-refractivity contribution in [2.75, 3.05) is 32.8 Å². The second-order valence-corrected chi connectivity index (χ2v) is 6.58. The topological polar surface area (TPSA) is 67.6 Å². The van der Waals surface area contributed by atoms with Crippen LogP contribution in [0, 0.1) is 6.92 Å². The number of nitrogens with one attached hydrogen (secondary N) is 1. The molecule has 0 radical (unpaired) electrons. The van der Waals surface area contributed by atoms with E-state index in [1.54, 1.807) is 12.1 Å². The van der Waals surface area contributed by atoms with Crippen LogP contribution in [-0.2, 0) is 4.74 Å². The fourth-order valence-electron chi connectivity index (χ4n) is 2.78. The molecule has 1 N–H and O–H groups in total. The first-order chi connectivity index (χ1) is 12.0. The molecule has 0 spiro atoms. The SMILES string of the molecule is Cc1ccc(C(CNC(=O)c2nc(Cl)ccc2Cl)N2CCOCC2)o1. The van der Waals surface area contributed by atoms with Crippen LogP contribution in [0.1, 0.15) is 28.1 Å². The lowest BCUT2D eigenvalue weighted by molar-refractivity contribution is 0.0117. The molecule has 25 heavy (non-hydrogen) atoms. The molecule has 3 rings (SSSR count). The monoisotopic (exact) mass is 383 g/mol. The lowest BCUT2D eigenvalue weighted by Crippen LogP contribution is -2.43. The average Bonchev–Trinajstić information content (AvgIpc) is 3.04. The van der Waals surface area contributed by atoms with Crippen LogP contribution in [0.4, 0.5) is 0 Å². The molecule has 0 aliphatic carbocycles. The molecule has 1 atom stereocenters. The van der Waals surface area contributed by atoms with Gasteiger partial charge in [0.2, 0.25) is 0 Å². The Morgan fingerprint density at radius 3 is 2.72 bits per heavy atom. The Hall–Kier alpha value is -1.60. The Morgan fingerprint density at radius 1 is 1.28 bits per heavy atom. The minimum absolute atomic E-state index is 0.0838. The van der Waals surface area contributed by atoms with Crippen LogP contribution in [0.25, 0.3) is 0 Å². The van der Waals surface area contributed by atoms with Gasteiger partial charge in [0.05, 0.1) is 24.3 Å². The van der Waals surface area contributed by atoms with Crippen LogP contribution in [0.5, 0.6) is 0 Å². The van der Waals surface area contributed by atoms with Crippen molar-refractivity contribution >= 4 is 29.1 Å². The molecular weight excluding hydrogens is 365 g/mol. The van der Waals surface area contributed by atoms with E-state index in [1.165, 1.54) is 0 Å². The van der Waals surface area contributed by atoms with Gasteiger partial charge in [0.1, 0.15) is 22.4 Å². The van der Waals surface area contributed by atoms with E-state index in [4.69, 9.17) is 32.4 Å². The van der Waals surface area contributed by atoms with Gasteiger partial charge in [0, 0.05) is 19.6 Å². The smallest absolute Gasteiger partial charge is 0.271 e. The zero-order valence-corrected chi connectivity index (χ0v) is 15.3. The van der Waals surface area contributed by atoms with Crippen LogP contribution in [-0.4, -0.2) is 48.6 Å². The van der Waals surface area contributed by atoms with Crippen molar-refractivity contribution < 1.29 is 13.9 Å². The number of hydrogen-bond acceptors (Lipinski definition) is 5. The average molecular weight is 384 g/mol. The molecule has 2 aromatic rings. The molecule has 1 aliphatic rings. The van der Waals surface area contributed by atoms with E-state index in [9.17, 15) is 4.79 Å². The molecule has 1 fully saturated rings. The molecule has 1 unspecified atom stereocenters. The summed E-state index contributed by atoms with van der Waals surface area (Å²) in [5.74, 6) is 1.28. The number of morpholine rings is 1. The highest BCUT2D eigenvalue weighted by Gasteiger charge is 2.26. The zero-order chi connectivity index (χ0) is 17.8. The van der Waals surface area contributed by atoms with Gasteiger partial charge in [-0.15, -0.1) is 0 Å². The van der Waals surface area contributed by atoms with Gasteiger partial charge in [0.15, 0.2) is 0 Å². The van der Waals surface area contributed by atoms with E-state index >= 15 is 0 Å². The number of ether oxygens (including phenoxy) is 1. The van der Waals surface area contributed by atoms with Crippen LogP contribution in [0.2, 0.25) is 10.2 Å². The first kappa shape index (κ1) is 18.2. The van der Waals surface area contributed by atoms with Crippen LogP contribution in [0.15, 0.2) is 28.7 Å². The van der Waals surface area contributed by atoms with E-state index in [2.05, 4.69) is 15.2 Å². The molecule has 134 valence electrons. The van der Waals surface area contributed by atoms with Gasteiger partial charge in [-0.2, -0.15) is 0 Å². The number of rotatable bonds is 5. The summed E-state index contributed by atoms with van der Waals surface area (Å²) in [6, 6.07) is 6.87. The van der Waals surface area contributed by atoms with E-state index in [0.29, 0.717) is 19.8 Å². The number of aromatic nitrogens is 1. The molecule has 0 bridgehead atoms. The Bertz CT molecular complexity index is 744. The number of carbonyl (C=O) groups is 1. The third kappa shape index (κ3) is 4.52. The summed E-state index contributed by atoms with van der Waals surface area (Å²) >= 11 is 11.9. The van der Waals surface area contributed by atoms with Crippen molar-refractivity contribution in [3.05, 3.63) is 51.7 Å². The zero-order valence-electron chi connectivity index (χ0n) is 13.8. The standard InChI is InChI=1S/C17H19Cl2N3O3/c1-11-2-4-14(25-11)13(22-6-8-24-9-7-22)10-20-17(23)16-12(18)3-5-15(19)21-16/h2-5,13H,6-10H2,1H3,(H,20,23). The maximum Gasteiger partial charge on any atom is 0.271 e. The number of aryl methyl sites for hydroxylation is 1. The van der Waals surface area contributed by atoms with Crippen LogP contribution >= 0.6 is 23.2 Å². The fourth-order valence-corrected chi connectivity index (χ4v) is 3.12. The molecule has 1 aliphatic heterocycles. The maximum absolute atomic E-state index is 12.5. The van der Waals surface area contributed by atoms with Gasteiger partial charge in [-0.1, -0.05) is 23.2 Å². The summed E-state index contributed by atoms with van der Waals surface area (Å²) in [5.41, 5.74) is 0.116. The maximum atomic E-state index is 12.5. The van der Waals surface area contributed by atoms with E-state index in [1.807, 2.05) is 19.1 Å². The number of furan rings is 1. The predicted octanol–water partition coefficient (Wildman–Crippen LogP) is 3.09. The van der Waals surface area contributed by atoms with E-state index < -0.39 is 0 Å². The number of halogens is 2. The summed E-state index contributed by atoms with van der Waals surface area (Å²) < 4.78 is 11.2. The van der Waals surface area contributed by atoms with Crippen molar-refractivity contribution in [3.8, 4) is 0 Å². The van der Waals surface area contributed by atoms with Crippen LogP contribution < -0.4 is 5.32 Å². The van der Waals surface area contributed by atoms with Gasteiger partial charge < -0.3 is 14.5 Å². The van der Waals surface area contributed by atoms with Gasteiger partial charge >= 0.3 is 0 Å². The molecule has 1 saturated heterocycles. The Labute approximate surface area is 156 Å². The van der Waals surface area contributed by atoms with Gasteiger partial charge in [-0.05, 0) is 31.2 Å². The number of amides is 1. The molecule has 0 saturated carbocycles. The first-order valence-corrected chi connectivity index (χ1v) is 8.78. The lowest BCUT2D eigenvalue weighted by Gasteiger charge is -2.33. The Balaban J connectivity index is 1.73. The quantitative estimate of drug-likeness (QED) is 0.803. The number of hydrogen-bond donors (Lipinski definition) is 1. The number of pyridine rings is 1. The summed E-state index contributed by atoms with van der Waals surface area (Å²) in [6.45, 7) is 5.13. The molecule has 0 aromatic carbocycles. The van der Waals surface area contributed by atoms with Gasteiger partial charge in [-0.25, -0.2) is 4.98 Å². The molecule has 2 aromatic heterocycles. The first-order valence-electron chi connectivity index (χ1n) is 8.03. The lowest BCUT2D eigenvalue weighted by atomic mass is 10.1. The van der Waals surface area contributed by atoms with Gasteiger partial charge in [0.25, 0.3) is 5.91 Å². The van der Waals surface area contributed by atoms with Crippen LogP contribution in [0.3, 0.4) is 0 Å². The minimum Gasteiger partial charge on any atom is -0.465 e. The molecule has 8 heteroatoms. The number of nitrogens with zero attached hydrogens (tertiary/aromatic N) is 2. The Morgan fingerprint density at radius 2 is 2.04 bits per heavy atom. The highest BCUT2D eigenvalue weighted by atomic mass is 35.5. The second-order valence-electron chi connectivity index (χ2n) is 5.79. The van der Waals surface area contributed by atoms with Crippen molar-refractivity contribution in [3.63, 3.8) is 0 Å². The van der Waals surface area contributed by atoms with Crippen molar-refractivity contribution in [1.29, 1.82) is 0 Å². The largest absolute Gasteiger partial charge is 0.465 e. The molecule has 1 amide bonds. The fraction of sp³-hybridized carbons (Fsp3) is 0.412. The van der Waals surface area contributed by atoms with Gasteiger partial charge in [-0.3, -0.25) is 9.69 Å². The Kier molecular flexibility index (Phi) is 5.96. The number of carbonyl (C=O) groups excluding carboxylic acids is 1. The summed E-state index contributed by atoms with van der Waals surface area (Å²) in [5, 5.41) is 3.37. The molecular formula is C17H19Cl2N3O3. The van der Waals surface area contributed by atoms with E-state index in [0.717, 1.165) is 24.6 Å². The predicted molar refractivity (Wildman–Crippen MR) is 95.2 cm³/mol. The summed E-state index contributed by atoms with van der Waals surface area (Å²) in [7, 11) is 0. The second kappa shape index (κ2) is 8.19. The normalized spacial score (nSPS) is 16.6. The van der Waals surface area contributed by atoms with Crippen molar-refractivity contribution in [2.45, 2.75) is 13.0 Å². The third-order valence-corrected chi connectivity index (χ3v) is 4.57. The highest BCUT2D eigenvalue weighted by Crippen LogP contribution is 2.24. The highest BCUT2D eigenvalue weighted by molar-refractivity contribution is 6.34. The molecule has 3 heterocycles. The third-order valence-electron chi connectivity index (χ3n) is 4.06.